The molecule has 1 aliphatic rings. The number of aryl methyl sites for hydroxylation is 1. The standard InChI is InChI=1S/C22H22NOP/c24-25(19-12-3-1-4-13-19,20-14-5-2-6-15-20)23-22-17-9-11-18-10-7-8-16-21(18)22/h1-8,10,12-16,22H,9,11,17H2,(H,23,24). The van der Waals surface area contributed by atoms with Crippen LogP contribution < -0.4 is 15.7 Å². The first-order valence-electron chi connectivity index (χ1n) is 8.84. The first-order chi connectivity index (χ1) is 12.3. The first kappa shape index (κ1) is 16.3. The van der Waals surface area contributed by atoms with Gasteiger partial charge >= 0.3 is 0 Å². The summed E-state index contributed by atoms with van der Waals surface area (Å²) in [6.07, 6.45) is 3.24. The lowest BCUT2D eigenvalue weighted by molar-refractivity contribution is 0.514. The summed E-state index contributed by atoms with van der Waals surface area (Å²) in [6, 6.07) is 28.3. The van der Waals surface area contributed by atoms with Crippen molar-refractivity contribution in [3.05, 3.63) is 96.1 Å². The van der Waals surface area contributed by atoms with E-state index in [0.717, 1.165) is 29.9 Å². The number of fused-ring (bicyclic) bond motifs is 1. The van der Waals surface area contributed by atoms with Gasteiger partial charge in [-0.2, -0.15) is 0 Å². The Labute approximate surface area is 149 Å². The summed E-state index contributed by atoms with van der Waals surface area (Å²) in [6.45, 7) is 0. The zero-order chi connectivity index (χ0) is 17.1. The summed E-state index contributed by atoms with van der Waals surface area (Å²) in [5.41, 5.74) is 2.67. The number of hydrogen-bond acceptors (Lipinski definition) is 1. The normalized spacial score (nSPS) is 17.0. The van der Waals surface area contributed by atoms with Crippen LogP contribution in [0.1, 0.15) is 30.0 Å². The highest BCUT2D eigenvalue weighted by Gasteiger charge is 2.32. The zero-order valence-electron chi connectivity index (χ0n) is 14.1. The van der Waals surface area contributed by atoms with Crippen molar-refractivity contribution >= 4 is 17.9 Å². The van der Waals surface area contributed by atoms with Gasteiger partial charge in [0.25, 0.3) is 0 Å². The molecule has 0 aromatic heterocycles. The van der Waals surface area contributed by atoms with Crippen molar-refractivity contribution in [1.82, 2.24) is 5.09 Å². The first-order valence-corrected chi connectivity index (χ1v) is 10.5. The van der Waals surface area contributed by atoms with Gasteiger partial charge in [0, 0.05) is 16.7 Å². The lowest BCUT2D eigenvalue weighted by atomic mass is 9.88. The maximum absolute atomic E-state index is 14.2. The third kappa shape index (κ3) is 3.20. The second-order valence-electron chi connectivity index (χ2n) is 6.55. The molecule has 0 heterocycles. The number of rotatable bonds is 4. The van der Waals surface area contributed by atoms with Gasteiger partial charge < -0.3 is 0 Å². The van der Waals surface area contributed by atoms with Crippen LogP contribution in [-0.2, 0) is 11.0 Å². The molecule has 1 atom stereocenters. The van der Waals surface area contributed by atoms with Gasteiger partial charge in [0.15, 0.2) is 0 Å². The highest BCUT2D eigenvalue weighted by Crippen LogP contribution is 2.44. The molecule has 3 heteroatoms. The average molecular weight is 347 g/mol. The Hall–Kier alpha value is -2.15. The van der Waals surface area contributed by atoms with E-state index in [1.807, 2.05) is 60.7 Å². The molecule has 1 aliphatic carbocycles. The predicted molar refractivity (Wildman–Crippen MR) is 105 cm³/mol. The molecule has 0 amide bonds. The number of hydrogen-bond donors (Lipinski definition) is 1. The third-order valence-corrected chi connectivity index (χ3v) is 7.67. The fourth-order valence-electron chi connectivity index (χ4n) is 3.68. The minimum atomic E-state index is -2.90. The van der Waals surface area contributed by atoms with Gasteiger partial charge in [0.05, 0.1) is 0 Å². The maximum atomic E-state index is 14.2. The van der Waals surface area contributed by atoms with Crippen molar-refractivity contribution in [3.8, 4) is 0 Å². The molecule has 0 spiro atoms. The van der Waals surface area contributed by atoms with Gasteiger partial charge in [-0.3, -0.25) is 9.65 Å². The Morgan fingerprint density at radius 2 is 1.32 bits per heavy atom. The van der Waals surface area contributed by atoms with Gasteiger partial charge in [-0.1, -0.05) is 60.7 Å². The highest BCUT2D eigenvalue weighted by molar-refractivity contribution is 7.76. The van der Waals surface area contributed by atoms with Crippen molar-refractivity contribution in [2.24, 2.45) is 0 Å². The van der Waals surface area contributed by atoms with Gasteiger partial charge in [-0.25, -0.2) is 0 Å². The third-order valence-electron chi connectivity index (χ3n) is 4.95. The minimum Gasteiger partial charge on any atom is -0.297 e. The van der Waals surface area contributed by atoms with E-state index in [-0.39, 0.29) is 6.04 Å². The van der Waals surface area contributed by atoms with E-state index in [1.54, 1.807) is 0 Å². The quantitative estimate of drug-likeness (QED) is 0.700. The van der Waals surface area contributed by atoms with Crippen LogP contribution in [0.4, 0.5) is 0 Å². The van der Waals surface area contributed by atoms with Gasteiger partial charge in [-0.05, 0) is 54.7 Å². The van der Waals surface area contributed by atoms with Crippen LogP contribution in [0.5, 0.6) is 0 Å². The lowest BCUT2D eigenvalue weighted by Crippen LogP contribution is -2.32. The Kier molecular flexibility index (Phi) is 4.57. The molecule has 0 radical (unpaired) electrons. The summed E-state index contributed by atoms with van der Waals surface area (Å²) in [5, 5.41) is 5.31. The molecule has 1 unspecified atom stereocenters. The smallest absolute Gasteiger partial charge is 0.205 e. The molecule has 0 saturated heterocycles. The summed E-state index contributed by atoms with van der Waals surface area (Å²) in [4.78, 5) is 0. The molecular formula is C22H22NOP. The highest BCUT2D eigenvalue weighted by atomic mass is 31.2. The molecule has 0 fully saturated rings. The summed E-state index contributed by atoms with van der Waals surface area (Å²) < 4.78 is 14.2. The lowest BCUT2D eigenvalue weighted by Gasteiger charge is -2.31. The topological polar surface area (TPSA) is 29.1 Å². The van der Waals surface area contributed by atoms with E-state index in [0.29, 0.717) is 0 Å². The van der Waals surface area contributed by atoms with E-state index in [9.17, 15) is 4.57 Å². The second kappa shape index (κ2) is 7.00. The predicted octanol–water partition coefficient (Wildman–Crippen LogP) is 4.58. The van der Waals surface area contributed by atoms with Crippen molar-refractivity contribution in [3.63, 3.8) is 0 Å². The number of nitrogens with one attached hydrogen (secondary N) is 1. The summed E-state index contributed by atoms with van der Waals surface area (Å²) in [5.74, 6) is 0. The molecule has 4 rings (SSSR count). The van der Waals surface area contributed by atoms with Crippen LogP contribution in [0.2, 0.25) is 0 Å². The average Bonchev–Trinajstić information content (AvgIpc) is 2.69. The Morgan fingerprint density at radius 3 is 1.96 bits per heavy atom. The minimum absolute atomic E-state index is 0.121. The molecule has 0 bridgehead atoms. The molecular weight excluding hydrogens is 325 g/mol. The largest absolute Gasteiger partial charge is 0.297 e. The van der Waals surface area contributed by atoms with Crippen LogP contribution in [0.15, 0.2) is 84.9 Å². The summed E-state index contributed by atoms with van der Waals surface area (Å²) in [7, 11) is -2.90. The molecule has 2 nitrogen and oxygen atoms in total. The van der Waals surface area contributed by atoms with Crippen LogP contribution in [0.25, 0.3) is 0 Å². The zero-order valence-corrected chi connectivity index (χ0v) is 15.0. The maximum Gasteiger partial charge on any atom is 0.205 e. The Morgan fingerprint density at radius 1 is 0.760 bits per heavy atom. The van der Waals surface area contributed by atoms with Gasteiger partial charge in [-0.15, -0.1) is 0 Å². The van der Waals surface area contributed by atoms with Gasteiger partial charge in [0.2, 0.25) is 7.29 Å². The Bertz CT molecular complexity index is 849. The fraction of sp³-hybridized carbons (Fsp3) is 0.182. The van der Waals surface area contributed by atoms with E-state index in [1.165, 1.54) is 11.1 Å². The van der Waals surface area contributed by atoms with Crippen molar-refractivity contribution in [1.29, 1.82) is 0 Å². The molecule has 0 aliphatic heterocycles. The summed E-state index contributed by atoms with van der Waals surface area (Å²) >= 11 is 0. The molecule has 25 heavy (non-hydrogen) atoms. The SMILES string of the molecule is O=P(NC1CCCc2ccccc21)(c1ccccc1)c1ccccc1. The second-order valence-corrected chi connectivity index (χ2v) is 9.06. The van der Waals surface area contributed by atoms with Crippen molar-refractivity contribution < 1.29 is 4.57 Å². The van der Waals surface area contributed by atoms with Crippen LogP contribution in [0, 0.1) is 0 Å². The number of benzene rings is 3. The van der Waals surface area contributed by atoms with Gasteiger partial charge in [0.1, 0.15) is 0 Å². The molecule has 126 valence electrons. The van der Waals surface area contributed by atoms with E-state index >= 15 is 0 Å². The molecule has 3 aromatic rings. The molecule has 3 aromatic carbocycles. The van der Waals surface area contributed by atoms with Crippen molar-refractivity contribution in [2.45, 2.75) is 25.3 Å². The fourth-order valence-corrected chi connectivity index (χ4v) is 6.17. The van der Waals surface area contributed by atoms with Crippen LogP contribution in [0.3, 0.4) is 0 Å². The molecule has 0 saturated carbocycles. The van der Waals surface area contributed by atoms with Crippen LogP contribution in [-0.4, -0.2) is 0 Å². The molecule has 1 N–H and O–H groups in total. The monoisotopic (exact) mass is 347 g/mol. The van der Waals surface area contributed by atoms with E-state index in [2.05, 4.69) is 29.4 Å². The van der Waals surface area contributed by atoms with Crippen molar-refractivity contribution in [2.75, 3.05) is 0 Å². The van der Waals surface area contributed by atoms with Crippen LogP contribution >= 0.6 is 7.29 Å². The van der Waals surface area contributed by atoms with E-state index in [4.69, 9.17) is 0 Å². The van der Waals surface area contributed by atoms with E-state index < -0.39 is 7.29 Å². The Balaban J connectivity index is 1.78.